The minimum Gasteiger partial charge on any atom is -0.493 e. The number of allylic oxidation sites excluding steroid dienone is 1. The molecule has 3 rings (SSSR count). The van der Waals surface area contributed by atoms with Crippen molar-refractivity contribution in [3.05, 3.63) is 58.3 Å². The van der Waals surface area contributed by atoms with Gasteiger partial charge in [0.05, 0.1) is 33.5 Å². The van der Waals surface area contributed by atoms with Crippen molar-refractivity contribution in [3.63, 3.8) is 0 Å². The van der Waals surface area contributed by atoms with E-state index in [1.165, 1.54) is 4.88 Å². The second kappa shape index (κ2) is 10.4. The molecular weight excluding hydrogens is 388 g/mol. The van der Waals surface area contributed by atoms with Crippen LogP contribution in [0.2, 0.25) is 0 Å². The molecule has 1 saturated heterocycles. The number of nitrogens with one attached hydrogen (secondary N) is 1. The molecule has 1 amide bonds. The monoisotopic (exact) mass is 416 g/mol. The molecule has 1 unspecified atom stereocenters. The van der Waals surface area contributed by atoms with Gasteiger partial charge in [-0.25, -0.2) is 0 Å². The molecule has 0 spiro atoms. The standard InChI is InChI=1S/C22H28N2O4S/c1-4-6-16-13-17(14-19(26-2)21(16)27-3)22(25)23-15-18(20-7-5-12-29-20)24-8-10-28-11-9-24/h4-5,7,12-14,18H,1,6,8-11,15H2,2-3H3,(H,23,25). The lowest BCUT2D eigenvalue weighted by Gasteiger charge is -2.34. The van der Waals surface area contributed by atoms with Gasteiger partial charge in [-0.15, -0.1) is 17.9 Å². The molecule has 0 bridgehead atoms. The minimum atomic E-state index is -0.133. The predicted molar refractivity (Wildman–Crippen MR) is 115 cm³/mol. The Balaban J connectivity index is 1.77. The number of methoxy groups -OCH3 is 2. The van der Waals surface area contributed by atoms with Crippen LogP contribution in [0.15, 0.2) is 42.3 Å². The largest absolute Gasteiger partial charge is 0.493 e. The van der Waals surface area contributed by atoms with Gasteiger partial charge >= 0.3 is 0 Å². The van der Waals surface area contributed by atoms with Crippen molar-refractivity contribution in [1.29, 1.82) is 0 Å². The van der Waals surface area contributed by atoms with Crippen LogP contribution in [-0.4, -0.2) is 57.9 Å². The fourth-order valence-corrected chi connectivity index (χ4v) is 4.41. The number of hydrogen-bond donors (Lipinski definition) is 1. The lowest BCUT2D eigenvalue weighted by molar-refractivity contribution is 0.0169. The van der Waals surface area contributed by atoms with Crippen LogP contribution >= 0.6 is 11.3 Å². The van der Waals surface area contributed by atoms with Crippen LogP contribution in [0.1, 0.15) is 26.8 Å². The summed E-state index contributed by atoms with van der Waals surface area (Å²) >= 11 is 1.71. The maximum Gasteiger partial charge on any atom is 0.251 e. The third-order valence-electron chi connectivity index (χ3n) is 5.00. The summed E-state index contributed by atoms with van der Waals surface area (Å²) in [6, 6.07) is 7.86. The Kier molecular flexibility index (Phi) is 7.69. The van der Waals surface area contributed by atoms with Crippen molar-refractivity contribution in [1.82, 2.24) is 10.2 Å². The Bertz CT molecular complexity index is 816. The summed E-state index contributed by atoms with van der Waals surface area (Å²) < 4.78 is 16.4. The zero-order valence-corrected chi connectivity index (χ0v) is 17.8. The van der Waals surface area contributed by atoms with Gasteiger partial charge in [0, 0.05) is 35.6 Å². The average molecular weight is 417 g/mol. The molecule has 0 radical (unpaired) electrons. The number of ether oxygens (including phenoxy) is 3. The summed E-state index contributed by atoms with van der Waals surface area (Å²) in [6.45, 7) is 7.48. The first kappa shape index (κ1) is 21.4. The lowest BCUT2D eigenvalue weighted by atomic mass is 10.0. The van der Waals surface area contributed by atoms with Crippen LogP contribution in [0.25, 0.3) is 0 Å². The Morgan fingerprint density at radius 2 is 2.14 bits per heavy atom. The third kappa shape index (κ3) is 5.18. The van der Waals surface area contributed by atoms with Crippen molar-refractivity contribution >= 4 is 17.2 Å². The van der Waals surface area contributed by atoms with E-state index in [0.29, 0.717) is 30.0 Å². The van der Waals surface area contributed by atoms with Gasteiger partial charge in [0.25, 0.3) is 5.91 Å². The number of thiophene rings is 1. The van der Waals surface area contributed by atoms with E-state index in [9.17, 15) is 4.79 Å². The highest BCUT2D eigenvalue weighted by molar-refractivity contribution is 7.10. The van der Waals surface area contributed by atoms with Crippen LogP contribution in [0, 0.1) is 0 Å². The first-order valence-corrected chi connectivity index (χ1v) is 10.5. The molecule has 29 heavy (non-hydrogen) atoms. The fourth-order valence-electron chi connectivity index (χ4n) is 3.55. The van der Waals surface area contributed by atoms with Crippen LogP contribution < -0.4 is 14.8 Å². The summed E-state index contributed by atoms with van der Waals surface area (Å²) in [5.41, 5.74) is 1.42. The maximum atomic E-state index is 13.0. The molecule has 7 heteroatoms. The summed E-state index contributed by atoms with van der Waals surface area (Å²) in [7, 11) is 3.17. The van der Waals surface area contributed by atoms with Crippen LogP contribution in [0.4, 0.5) is 0 Å². The zero-order chi connectivity index (χ0) is 20.6. The highest BCUT2D eigenvalue weighted by Gasteiger charge is 2.24. The van der Waals surface area contributed by atoms with Gasteiger partial charge in [-0.2, -0.15) is 0 Å². The molecule has 0 aliphatic carbocycles. The van der Waals surface area contributed by atoms with E-state index in [1.807, 2.05) is 12.1 Å². The molecule has 1 fully saturated rings. The third-order valence-corrected chi connectivity index (χ3v) is 5.97. The molecule has 1 aliphatic heterocycles. The number of morpholine rings is 1. The highest BCUT2D eigenvalue weighted by Crippen LogP contribution is 2.33. The van der Waals surface area contributed by atoms with Gasteiger partial charge in [0.1, 0.15) is 0 Å². The zero-order valence-electron chi connectivity index (χ0n) is 17.0. The second-order valence-corrected chi connectivity index (χ2v) is 7.73. The topological polar surface area (TPSA) is 60.0 Å². The first-order valence-electron chi connectivity index (χ1n) is 9.67. The summed E-state index contributed by atoms with van der Waals surface area (Å²) in [5.74, 6) is 1.04. The molecule has 1 atom stereocenters. The van der Waals surface area contributed by atoms with Gasteiger partial charge in [0.15, 0.2) is 11.5 Å². The molecule has 6 nitrogen and oxygen atoms in total. The molecular formula is C22H28N2O4S. The molecule has 1 aromatic carbocycles. The summed E-state index contributed by atoms with van der Waals surface area (Å²) in [6.07, 6.45) is 2.37. The normalized spacial score (nSPS) is 15.5. The molecule has 156 valence electrons. The van der Waals surface area contributed by atoms with Gasteiger partial charge in [0.2, 0.25) is 0 Å². The molecule has 1 aromatic heterocycles. The van der Waals surface area contributed by atoms with Gasteiger partial charge in [-0.3, -0.25) is 9.69 Å². The van der Waals surface area contributed by atoms with Crippen molar-refractivity contribution in [2.75, 3.05) is 47.1 Å². The van der Waals surface area contributed by atoms with Crippen LogP contribution in [0.3, 0.4) is 0 Å². The first-order chi connectivity index (χ1) is 14.2. The highest BCUT2D eigenvalue weighted by atomic mass is 32.1. The van der Waals surface area contributed by atoms with Crippen molar-refractivity contribution in [3.8, 4) is 11.5 Å². The fraction of sp³-hybridized carbons (Fsp3) is 0.409. The van der Waals surface area contributed by atoms with Gasteiger partial charge in [-0.05, 0) is 30.0 Å². The van der Waals surface area contributed by atoms with E-state index in [1.54, 1.807) is 37.7 Å². The Hall–Kier alpha value is -2.35. The van der Waals surface area contributed by atoms with Crippen molar-refractivity contribution in [2.24, 2.45) is 0 Å². The number of hydrogen-bond acceptors (Lipinski definition) is 6. The Morgan fingerprint density at radius 3 is 2.76 bits per heavy atom. The van der Waals surface area contributed by atoms with Crippen molar-refractivity contribution < 1.29 is 19.0 Å². The number of carbonyl (C=O) groups excluding carboxylic acids is 1. The van der Waals surface area contributed by atoms with Gasteiger partial charge in [-0.1, -0.05) is 12.1 Å². The SMILES string of the molecule is C=CCc1cc(C(=O)NCC(c2cccs2)N2CCOCC2)cc(OC)c1OC. The van der Waals surface area contributed by atoms with Crippen LogP contribution in [-0.2, 0) is 11.2 Å². The number of rotatable bonds is 9. The summed E-state index contributed by atoms with van der Waals surface area (Å²) in [5, 5.41) is 5.18. The minimum absolute atomic E-state index is 0.133. The molecule has 1 aliphatic rings. The Morgan fingerprint density at radius 1 is 1.34 bits per heavy atom. The number of nitrogens with zero attached hydrogens (tertiary/aromatic N) is 1. The van der Waals surface area contributed by atoms with E-state index in [4.69, 9.17) is 14.2 Å². The molecule has 0 saturated carbocycles. The van der Waals surface area contributed by atoms with Crippen molar-refractivity contribution in [2.45, 2.75) is 12.5 Å². The number of amides is 1. The van der Waals surface area contributed by atoms with E-state index in [2.05, 4.69) is 28.2 Å². The lowest BCUT2D eigenvalue weighted by Crippen LogP contribution is -2.43. The smallest absolute Gasteiger partial charge is 0.251 e. The van der Waals surface area contributed by atoms with E-state index < -0.39 is 0 Å². The van der Waals surface area contributed by atoms with E-state index in [0.717, 1.165) is 31.9 Å². The predicted octanol–water partition coefficient (Wildman–Crippen LogP) is 3.30. The number of carbonyl (C=O) groups is 1. The molecule has 2 heterocycles. The molecule has 2 aromatic rings. The molecule has 1 N–H and O–H groups in total. The Labute approximate surface area is 176 Å². The van der Waals surface area contributed by atoms with Gasteiger partial charge < -0.3 is 19.5 Å². The maximum absolute atomic E-state index is 13.0. The van der Waals surface area contributed by atoms with Crippen LogP contribution in [0.5, 0.6) is 11.5 Å². The number of benzene rings is 1. The van der Waals surface area contributed by atoms with E-state index >= 15 is 0 Å². The van der Waals surface area contributed by atoms with E-state index in [-0.39, 0.29) is 11.9 Å². The second-order valence-electron chi connectivity index (χ2n) is 6.75. The average Bonchev–Trinajstić information content (AvgIpc) is 3.28. The quantitative estimate of drug-likeness (QED) is 0.636. The summed E-state index contributed by atoms with van der Waals surface area (Å²) in [4.78, 5) is 16.6.